The zero-order chi connectivity index (χ0) is 17.3. The van der Waals surface area contributed by atoms with Crippen LogP contribution in [-0.4, -0.2) is 17.0 Å². The van der Waals surface area contributed by atoms with Crippen molar-refractivity contribution in [3.05, 3.63) is 59.1 Å². The van der Waals surface area contributed by atoms with Gasteiger partial charge in [0.2, 0.25) is 0 Å². The largest absolute Gasteiger partial charge is 0.416 e. The lowest BCUT2D eigenvalue weighted by Gasteiger charge is -2.19. The normalized spacial score (nSPS) is 20.0. The summed E-state index contributed by atoms with van der Waals surface area (Å²) in [4.78, 5) is 6.37. The highest BCUT2D eigenvalue weighted by atomic mass is 35.5. The van der Waals surface area contributed by atoms with Crippen LogP contribution in [0.2, 0.25) is 5.02 Å². The minimum absolute atomic E-state index is 0.234. The van der Waals surface area contributed by atoms with Gasteiger partial charge in [0.05, 0.1) is 11.3 Å². The summed E-state index contributed by atoms with van der Waals surface area (Å²) in [7, 11) is 0. The van der Waals surface area contributed by atoms with E-state index in [1.165, 1.54) is 17.8 Å². The lowest BCUT2D eigenvalue weighted by molar-refractivity contribution is -0.137. The minimum atomic E-state index is -4.36. The van der Waals surface area contributed by atoms with Gasteiger partial charge in [-0.3, -0.25) is 0 Å². The maximum absolute atomic E-state index is 13.0. The average Bonchev–Trinajstić information content (AvgIpc) is 2.87. The van der Waals surface area contributed by atoms with Crippen LogP contribution in [-0.2, 0) is 6.18 Å². The van der Waals surface area contributed by atoms with E-state index in [2.05, 4.69) is 4.99 Å². The van der Waals surface area contributed by atoms with Crippen molar-refractivity contribution in [2.75, 3.05) is 11.4 Å². The summed E-state index contributed by atoms with van der Waals surface area (Å²) in [6.07, 6.45) is -4.36. The molecule has 2 aromatic carbocycles. The Labute approximate surface area is 147 Å². The van der Waals surface area contributed by atoms with E-state index in [9.17, 15) is 13.2 Å². The first-order valence-corrected chi connectivity index (χ1v) is 8.54. The van der Waals surface area contributed by atoms with Crippen LogP contribution >= 0.6 is 23.4 Å². The summed E-state index contributed by atoms with van der Waals surface area (Å²) in [6, 6.07) is 12.4. The van der Waals surface area contributed by atoms with E-state index in [0.717, 1.165) is 12.1 Å². The number of nitrogens with zero attached hydrogens (tertiary/aromatic N) is 2. The Morgan fingerprint density at radius 3 is 2.62 bits per heavy atom. The van der Waals surface area contributed by atoms with Crippen LogP contribution in [0.3, 0.4) is 0 Å². The molecule has 126 valence electrons. The van der Waals surface area contributed by atoms with Gasteiger partial charge < -0.3 is 4.90 Å². The molecule has 3 rings (SSSR count). The molecule has 1 unspecified atom stereocenters. The summed E-state index contributed by atoms with van der Waals surface area (Å²) in [5.41, 5.74) is 0.505. The Morgan fingerprint density at radius 1 is 1.17 bits per heavy atom. The van der Waals surface area contributed by atoms with E-state index in [-0.39, 0.29) is 5.25 Å². The quantitative estimate of drug-likeness (QED) is 0.645. The number of thioether (sulfide) groups is 1. The minimum Gasteiger partial charge on any atom is -0.320 e. The van der Waals surface area contributed by atoms with Gasteiger partial charge in [-0.2, -0.15) is 13.2 Å². The highest BCUT2D eigenvalue weighted by molar-refractivity contribution is 8.15. The highest BCUT2D eigenvalue weighted by Gasteiger charge is 2.32. The molecule has 24 heavy (non-hydrogen) atoms. The molecule has 0 N–H and O–H groups in total. The first kappa shape index (κ1) is 17.2. The van der Waals surface area contributed by atoms with Crippen molar-refractivity contribution in [1.82, 2.24) is 0 Å². The van der Waals surface area contributed by atoms with Gasteiger partial charge in [0.25, 0.3) is 0 Å². The van der Waals surface area contributed by atoms with Gasteiger partial charge in [0.15, 0.2) is 5.17 Å². The molecule has 2 nitrogen and oxygen atoms in total. The smallest absolute Gasteiger partial charge is 0.320 e. The lowest BCUT2D eigenvalue weighted by atomic mass is 10.2. The van der Waals surface area contributed by atoms with Gasteiger partial charge in [-0.1, -0.05) is 42.4 Å². The number of hydrogen-bond donors (Lipinski definition) is 0. The number of halogens is 4. The second-order valence-corrected chi connectivity index (χ2v) is 7.30. The van der Waals surface area contributed by atoms with E-state index in [1.807, 2.05) is 17.9 Å². The zero-order valence-corrected chi connectivity index (χ0v) is 14.3. The molecular formula is C17H14ClF3N2S. The van der Waals surface area contributed by atoms with Gasteiger partial charge in [0.1, 0.15) is 0 Å². The van der Waals surface area contributed by atoms with Crippen molar-refractivity contribution in [2.45, 2.75) is 18.3 Å². The molecule has 1 saturated heterocycles. The fourth-order valence-corrected chi connectivity index (χ4v) is 3.66. The van der Waals surface area contributed by atoms with Crippen molar-refractivity contribution in [2.24, 2.45) is 4.99 Å². The maximum Gasteiger partial charge on any atom is 0.416 e. The number of amidine groups is 1. The van der Waals surface area contributed by atoms with Crippen LogP contribution in [0, 0.1) is 0 Å². The molecule has 7 heteroatoms. The summed E-state index contributed by atoms with van der Waals surface area (Å²) in [5.74, 6) is 0. The molecule has 0 aliphatic carbocycles. The molecular weight excluding hydrogens is 357 g/mol. The zero-order valence-electron chi connectivity index (χ0n) is 12.7. The van der Waals surface area contributed by atoms with Crippen LogP contribution < -0.4 is 4.90 Å². The number of hydrogen-bond acceptors (Lipinski definition) is 2. The van der Waals surface area contributed by atoms with Crippen LogP contribution in [0.25, 0.3) is 0 Å². The number of alkyl halides is 3. The molecule has 0 aromatic heterocycles. The number of anilines is 1. The predicted molar refractivity (Wildman–Crippen MR) is 94.4 cm³/mol. The molecule has 1 heterocycles. The van der Waals surface area contributed by atoms with E-state index in [4.69, 9.17) is 11.6 Å². The van der Waals surface area contributed by atoms with Gasteiger partial charge in [-0.05, 0) is 36.4 Å². The summed E-state index contributed by atoms with van der Waals surface area (Å²) in [6.45, 7) is 2.62. The number of benzene rings is 2. The Bertz CT molecular complexity index is 776. The van der Waals surface area contributed by atoms with Gasteiger partial charge in [0, 0.05) is 22.5 Å². The van der Waals surface area contributed by atoms with Crippen molar-refractivity contribution >= 4 is 39.9 Å². The molecule has 0 bridgehead atoms. The first-order valence-electron chi connectivity index (χ1n) is 7.28. The predicted octanol–water partition coefficient (Wildman–Crippen LogP) is 5.99. The molecule has 1 fully saturated rings. The Kier molecular flexibility index (Phi) is 4.78. The standard InChI is InChI=1S/C17H14ClF3N2S/c1-11-10-23(15-7-2-4-12(8-15)17(19,20)21)16(24-11)22-14-6-3-5-13(18)9-14/h2-9,11H,10H2,1H3. The van der Waals surface area contributed by atoms with Crippen molar-refractivity contribution in [1.29, 1.82) is 0 Å². The van der Waals surface area contributed by atoms with E-state index >= 15 is 0 Å². The fourth-order valence-electron chi connectivity index (χ4n) is 2.42. The second-order valence-electron chi connectivity index (χ2n) is 5.46. The Morgan fingerprint density at radius 2 is 1.92 bits per heavy atom. The molecule has 1 aliphatic heterocycles. The molecule has 2 aromatic rings. The Balaban J connectivity index is 1.97. The van der Waals surface area contributed by atoms with Crippen molar-refractivity contribution < 1.29 is 13.2 Å². The van der Waals surface area contributed by atoms with Crippen LogP contribution in [0.5, 0.6) is 0 Å². The molecule has 0 spiro atoms. The fraction of sp³-hybridized carbons (Fsp3) is 0.235. The van der Waals surface area contributed by atoms with Gasteiger partial charge in [-0.15, -0.1) is 0 Å². The number of aliphatic imine (C=N–C) groups is 1. The average molecular weight is 371 g/mol. The highest BCUT2D eigenvalue weighted by Crippen LogP contribution is 2.36. The van der Waals surface area contributed by atoms with Crippen LogP contribution in [0.1, 0.15) is 12.5 Å². The third-order valence-corrected chi connectivity index (χ3v) is 4.80. The monoisotopic (exact) mass is 370 g/mol. The first-order chi connectivity index (χ1) is 11.3. The van der Waals surface area contributed by atoms with Gasteiger partial charge >= 0.3 is 6.18 Å². The summed E-state index contributed by atoms with van der Waals surface area (Å²) in [5, 5.41) is 1.47. The van der Waals surface area contributed by atoms with Gasteiger partial charge in [-0.25, -0.2) is 4.99 Å². The van der Waals surface area contributed by atoms with E-state index in [0.29, 0.717) is 28.1 Å². The molecule has 0 saturated carbocycles. The van der Waals surface area contributed by atoms with Crippen LogP contribution in [0.15, 0.2) is 53.5 Å². The lowest BCUT2D eigenvalue weighted by Crippen LogP contribution is -2.25. The topological polar surface area (TPSA) is 15.6 Å². The van der Waals surface area contributed by atoms with Crippen molar-refractivity contribution in [3.63, 3.8) is 0 Å². The maximum atomic E-state index is 13.0. The van der Waals surface area contributed by atoms with E-state index in [1.54, 1.807) is 24.3 Å². The van der Waals surface area contributed by atoms with E-state index < -0.39 is 11.7 Å². The third-order valence-electron chi connectivity index (χ3n) is 3.50. The molecule has 0 radical (unpaired) electrons. The molecule has 0 amide bonds. The van der Waals surface area contributed by atoms with Crippen LogP contribution in [0.4, 0.5) is 24.5 Å². The summed E-state index contributed by atoms with van der Waals surface area (Å²) >= 11 is 7.50. The Hall–Kier alpha value is -1.66. The van der Waals surface area contributed by atoms with Crippen molar-refractivity contribution in [3.8, 4) is 0 Å². The second kappa shape index (κ2) is 6.69. The number of rotatable bonds is 2. The molecule has 1 atom stereocenters. The molecule has 1 aliphatic rings. The SMILES string of the molecule is CC1CN(c2cccc(C(F)(F)F)c2)C(=Nc2cccc(Cl)c2)S1. The summed E-state index contributed by atoms with van der Waals surface area (Å²) < 4.78 is 38.9. The third kappa shape index (κ3) is 3.87.